The fourth-order valence-corrected chi connectivity index (χ4v) is 3.07. The fourth-order valence-electron chi connectivity index (χ4n) is 2.63. The second-order valence-electron chi connectivity index (χ2n) is 6.07. The van der Waals surface area contributed by atoms with E-state index in [1.807, 2.05) is 30.3 Å². The highest BCUT2D eigenvalue weighted by molar-refractivity contribution is 7.85. The smallest absolute Gasteiger partial charge is 0.410 e. The lowest BCUT2D eigenvalue weighted by Gasteiger charge is -2.26. The van der Waals surface area contributed by atoms with Crippen LogP contribution >= 0.6 is 0 Å². The molecule has 1 heterocycles. The van der Waals surface area contributed by atoms with Crippen LogP contribution in [0.5, 0.6) is 0 Å². The molecule has 0 spiro atoms. The molecule has 1 fully saturated rings. The summed E-state index contributed by atoms with van der Waals surface area (Å²) in [4.78, 5) is 18.6. The van der Waals surface area contributed by atoms with Crippen molar-refractivity contribution < 1.29 is 27.0 Å². The normalized spacial score (nSPS) is 21.8. The van der Waals surface area contributed by atoms with E-state index in [1.165, 1.54) is 12.0 Å². The summed E-state index contributed by atoms with van der Waals surface area (Å²) in [5, 5.41) is 3.91. The van der Waals surface area contributed by atoms with E-state index >= 15 is 0 Å². The van der Waals surface area contributed by atoms with Crippen molar-refractivity contribution in [1.82, 2.24) is 4.90 Å². The summed E-state index contributed by atoms with van der Waals surface area (Å²) in [5.41, 5.74) is 6.19. The molecule has 0 aliphatic carbocycles. The topological polar surface area (TPSA) is 121 Å². The second-order valence-corrected chi connectivity index (χ2v) is 7.71. The molecule has 1 amide bonds. The molecule has 1 saturated heterocycles. The van der Waals surface area contributed by atoms with E-state index in [9.17, 15) is 13.2 Å². The molecule has 1 aromatic carbocycles. The molecular formula is C16H23N3O6S. The van der Waals surface area contributed by atoms with Crippen molar-refractivity contribution in [2.24, 2.45) is 16.3 Å². The zero-order valence-electron chi connectivity index (χ0n) is 14.8. The van der Waals surface area contributed by atoms with Gasteiger partial charge in [0.1, 0.15) is 13.7 Å². The van der Waals surface area contributed by atoms with Gasteiger partial charge in [-0.15, -0.1) is 0 Å². The highest BCUT2D eigenvalue weighted by Gasteiger charge is 2.47. The highest BCUT2D eigenvalue weighted by Crippen LogP contribution is 2.29. The van der Waals surface area contributed by atoms with Crippen LogP contribution in [0.25, 0.3) is 0 Å². The highest BCUT2D eigenvalue weighted by atomic mass is 32.2. The van der Waals surface area contributed by atoms with Crippen molar-refractivity contribution >= 4 is 21.9 Å². The lowest BCUT2D eigenvalue weighted by Crippen LogP contribution is -2.44. The number of ether oxygens (including phenoxy) is 1. The van der Waals surface area contributed by atoms with Crippen LogP contribution in [0.1, 0.15) is 5.56 Å². The molecule has 1 aliphatic rings. The number of likely N-dealkylation sites (tertiary alicyclic amines) is 1. The first-order valence-electron chi connectivity index (χ1n) is 7.90. The number of hydrogen-bond donors (Lipinski definition) is 1. The van der Waals surface area contributed by atoms with Crippen LogP contribution in [-0.4, -0.2) is 64.7 Å². The standard InChI is InChI=1S/C16H23N3O6S/c1-23-18-14-8-19(11-16(14,10-17)12-25-26(2,21)22)15(20)24-9-13-6-4-3-5-7-13/h3-7H,8-12,17H2,1-2H3. The molecule has 0 aromatic heterocycles. The predicted octanol–water partition coefficient (Wildman–Crippen LogP) is 0.563. The Hall–Kier alpha value is -2.17. The van der Waals surface area contributed by atoms with Crippen LogP contribution < -0.4 is 5.73 Å². The van der Waals surface area contributed by atoms with Gasteiger partial charge >= 0.3 is 6.09 Å². The number of hydrogen-bond acceptors (Lipinski definition) is 8. The summed E-state index contributed by atoms with van der Waals surface area (Å²) in [6, 6.07) is 9.27. The number of carbonyl (C=O) groups excluding carboxylic acids is 1. The van der Waals surface area contributed by atoms with Gasteiger partial charge in [0.15, 0.2) is 0 Å². The lowest BCUT2D eigenvalue weighted by molar-refractivity contribution is 0.0958. The van der Waals surface area contributed by atoms with E-state index < -0.39 is 21.6 Å². The van der Waals surface area contributed by atoms with E-state index in [1.54, 1.807) is 0 Å². The third-order valence-electron chi connectivity index (χ3n) is 4.05. The average molecular weight is 385 g/mol. The molecule has 144 valence electrons. The molecule has 1 unspecified atom stereocenters. The number of benzene rings is 1. The molecule has 26 heavy (non-hydrogen) atoms. The number of rotatable bonds is 7. The maximum Gasteiger partial charge on any atom is 0.410 e. The molecule has 0 radical (unpaired) electrons. The Morgan fingerprint density at radius 2 is 2.04 bits per heavy atom. The molecular weight excluding hydrogens is 362 g/mol. The molecule has 1 aliphatic heterocycles. The Morgan fingerprint density at radius 3 is 2.62 bits per heavy atom. The molecule has 2 N–H and O–H groups in total. The van der Waals surface area contributed by atoms with Gasteiger partial charge < -0.3 is 20.2 Å². The van der Waals surface area contributed by atoms with Crippen molar-refractivity contribution in [2.45, 2.75) is 6.61 Å². The van der Waals surface area contributed by atoms with E-state index in [0.29, 0.717) is 5.71 Å². The van der Waals surface area contributed by atoms with Crippen molar-refractivity contribution in [3.05, 3.63) is 35.9 Å². The van der Waals surface area contributed by atoms with Gasteiger partial charge in [-0.2, -0.15) is 8.42 Å². The lowest BCUT2D eigenvalue weighted by atomic mass is 9.86. The third-order valence-corrected chi connectivity index (χ3v) is 4.60. The summed E-state index contributed by atoms with van der Waals surface area (Å²) >= 11 is 0. The minimum Gasteiger partial charge on any atom is -0.445 e. The molecule has 1 atom stereocenters. The first kappa shape index (κ1) is 20.1. The molecule has 9 nitrogen and oxygen atoms in total. The van der Waals surface area contributed by atoms with Gasteiger partial charge in [-0.3, -0.25) is 4.18 Å². The zero-order chi connectivity index (χ0) is 19.2. The minimum atomic E-state index is -3.67. The average Bonchev–Trinajstić information content (AvgIpc) is 2.98. The van der Waals surface area contributed by atoms with Gasteiger partial charge in [0.25, 0.3) is 10.1 Å². The summed E-state index contributed by atoms with van der Waals surface area (Å²) in [5.74, 6) is 0. The van der Waals surface area contributed by atoms with E-state index in [-0.39, 0.29) is 32.8 Å². The molecule has 10 heteroatoms. The molecule has 1 aromatic rings. The zero-order valence-corrected chi connectivity index (χ0v) is 15.6. The predicted molar refractivity (Wildman–Crippen MR) is 94.9 cm³/mol. The molecule has 2 rings (SSSR count). The quantitative estimate of drug-likeness (QED) is 0.538. The Kier molecular flexibility index (Phi) is 6.57. The van der Waals surface area contributed by atoms with Gasteiger partial charge in [0.2, 0.25) is 0 Å². The first-order valence-corrected chi connectivity index (χ1v) is 9.72. The number of amides is 1. The molecule has 0 bridgehead atoms. The van der Waals surface area contributed by atoms with Crippen LogP contribution in [0.15, 0.2) is 35.5 Å². The third kappa shape index (κ3) is 5.16. The fraction of sp³-hybridized carbons (Fsp3) is 0.500. The summed E-state index contributed by atoms with van der Waals surface area (Å²) in [6.45, 7) is 0.170. The minimum absolute atomic E-state index is 0.0349. The van der Waals surface area contributed by atoms with E-state index in [2.05, 4.69) is 5.16 Å². The summed E-state index contributed by atoms with van der Waals surface area (Å²) in [7, 11) is -2.31. The van der Waals surface area contributed by atoms with Crippen LogP contribution in [0.3, 0.4) is 0 Å². The van der Waals surface area contributed by atoms with Crippen LogP contribution in [-0.2, 0) is 30.5 Å². The van der Waals surface area contributed by atoms with Crippen LogP contribution in [0.2, 0.25) is 0 Å². The summed E-state index contributed by atoms with van der Waals surface area (Å²) in [6.07, 6.45) is 0.401. The van der Waals surface area contributed by atoms with E-state index in [0.717, 1.165) is 11.8 Å². The number of carbonyl (C=O) groups is 1. The number of nitrogens with two attached hydrogens (primary N) is 1. The van der Waals surface area contributed by atoms with Gasteiger partial charge in [-0.1, -0.05) is 35.5 Å². The Morgan fingerprint density at radius 1 is 1.35 bits per heavy atom. The number of nitrogens with zero attached hydrogens (tertiary/aromatic N) is 2. The largest absolute Gasteiger partial charge is 0.445 e. The van der Waals surface area contributed by atoms with E-state index in [4.69, 9.17) is 19.5 Å². The van der Waals surface area contributed by atoms with Gasteiger partial charge in [-0.05, 0) is 5.56 Å². The maximum atomic E-state index is 12.4. The van der Waals surface area contributed by atoms with Gasteiger partial charge in [-0.25, -0.2) is 4.79 Å². The van der Waals surface area contributed by atoms with Crippen LogP contribution in [0.4, 0.5) is 4.79 Å². The maximum absolute atomic E-state index is 12.4. The Bertz CT molecular complexity index is 753. The Balaban J connectivity index is 2.09. The first-order chi connectivity index (χ1) is 12.3. The number of oxime groups is 1. The van der Waals surface area contributed by atoms with Crippen molar-refractivity contribution in [3.63, 3.8) is 0 Å². The van der Waals surface area contributed by atoms with Crippen molar-refractivity contribution in [1.29, 1.82) is 0 Å². The Labute approximate surface area is 152 Å². The van der Waals surface area contributed by atoms with Gasteiger partial charge in [0.05, 0.1) is 30.5 Å². The van der Waals surface area contributed by atoms with Gasteiger partial charge in [0, 0.05) is 13.1 Å². The SMILES string of the molecule is CON=C1CN(C(=O)OCc2ccccc2)CC1(CN)COS(C)(=O)=O. The van der Waals surface area contributed by atoms with Crippen molar-refractivity contribution in [3.8, 4) is 0 Å². The molecule has 0 saturated carbocycles. The summed E-state index contributed by atoms with van der Waals surface area (Å²) < 4.78 is 32.9. The van der Waals surface area contributed by atoms with Crippen LogP contribution in [0, 0.1) is 5.41 Å². The van der Waals surface area contributed by atoms with Crippen molar-refractivity contribution in [2.75, 3.05) is 39.6 Å². The monoisotopic (exact) mass is 385 g/mol. The second kappa shape index (κ2) is 8.47.